The maximum Gasteiger partial charge on any atom is 0.261 e. The average Bonchev–Trinajstić information content (AvgIpc) is 3.11. The first kappa shape index (κ1) is 39.3. The van der Waals surface area contributed by atoms with Crippen LogP contribution in [0, 0.1) is 0 Å². The molecule has 4 amide bonds. The summed E-state index contributed by atoms with van der Waals surface area (Å²) >= 11 is 0. The number of imide groups is 2. The summed E-state index contributed by atoms with van der Waals surface area (Å²) in [6.07, 6.45) is 12.1. The maximum atomic E-state index is 13.0. The molecule has 50 heavy (non-hydrogen) atoms. The number of unbranched alkanes of at least 4 members (excludes halogenated alkanes) is 9. The minimum Gasteiger partial charge on any atom is -0.315 e. The van der Waals surface area contributed by atoms with E-state index in [9.17, 15) is 19.2 Å². The second kappa shape index (κ2) is 19.2. The Kier molecular flexibility index (Phi) is 15.1. The predicted molar refractivity (Wildman–Crippen MR) is 211 cm³/mol. The molecule has 2 N–H and O–H groups in total. The van der Waals surface area contributed by atoms with Gasteiger partial charge in [0, 0.05) is 59.2 Å². The van der Waals surface area contributed by atoms with Gasteiger partial charge in [-0.15, -0.1) is 34.0 Å². The van der Waals surface area contributed by atoms with Gasteiger partial charge >= 0.3 is 0 Å². The number of carbonyl (C=O) groups is 4. The van der Waals surface area contributed by atoms with Crippen molar-refractivity contribution in [2.45, 2.75) is 64.2 Å². The summed E-state index contributed by atoms with van der Waals surface area (Å²) in [4.78, 5) is 54.7. The van der Waals surface area contributed by atoms with Crippen molar-refractivity contribution in [3.63, 3.8) is 0 Å². The van der Waals surface area contributed by atoms with E-state index in [2.05, 4.69) is 10.6 Å². The number of amides is 4. The minimum absolute atomic E-state index is 0. The predicted octanol–water partition coefficient (Wildman–Crippen LogP) is 8.12. The van der Waals surface area contributed by atoms with Crippen LogP contribution in [0.4, 0.5) is 0 Å². The Morgan fingerprint density at radius 3 is 0.960 bits per heavy atom. The van der Waals surface area contributed by atoms with Crippen molar-refractivity contribution < 1.29 is 19.2 Å². The van der Waals surface area contributed by atoms with Crippen LogP contribution < -0.4 is 10.6 Å². The van der Waals surface area contributed by atoms with Gasteiger partial charge in [-0.1, -0.05) is 99.9 Å². The summed E-state index contributed by atoms with van der Waals surface area (Å²) in [5, 5.41) is 10.2. The topological polar surface area (TPSA) is 98.8 Å². The van der Waals surface area contributed by atoms with Crippen LogP contribution in [0.5, 0.6) is 0 Å². The van der Waals surface area contributed by atoms with Crippen molar-refractivity contribution in [1.29, 1.82) is 0 Å². The van der Waals surface area contributed by atoms with Gasteiger partial charge in [0.25, 0.3) is 23.6 Å². The largest absolute Gasteiger partial charge is 0.315 e. The van der Waals surface area contributed by atoms with Crippen molar-refractivity contribution in [2.75, 3.05) is 39.3 Å². The fourth-order valence-electron chi connectivity index (χ4n) is 7.11. The monoisotopic (exact) mass is 806 g/mol. The lowest BCUT2D eigenvalue weighted by molar-refractivity contribution is 0.0596. The lowest BCUT2D eigenvalue weighted by Gasteiger charge is -2.27. The molecule has 4 aromatic rings. The molecule has 0 aromatic heterocycles. The molecule has 4 aromatic carbocycles. The van der Waals surface area contributed by atoms with E-state index in [-0.39, 0.29) is 57.6 Å². The Morgan fingerprint density at radius 1 is 0.380 bits per heavy atom. The third kappa shape index (κ3) is 8.88. The minimum atomic E-state index is -0.200. The number of hydrogen-bond acceptors (Lipinski definition) is 6. The smallest absolute Gasteiger partial charge is 0.261 e. The summed E-state index contributed by atoms with van der Waals surface area (Å²) in [6, 6.07) is 22.5. The van der Waals surface area contributed by atoms with Crippen LogP contribution in [0.15, 0.2) is 72.8 Å². The van der Waals surface area contributed by atoms with E-state index in [4.69, 9.17) is 0 Å². The molecule has 2 aliphatic heterocycles. The van der Waals surface area contributed by atoms with Crippen molar-refractivity contribution in [3.05, 3.63) is 95.1 Å². The number of rotatable bonds is 19. The molecule has 8 nitrogen and oxygen atoms in total. The standard InChI is InChI=1S/C40H46N4O4.2BrH/c45-37-31-19-11-15-29-16-12-20-32(35(29)31)38(46)43(37)27-25-41-23-9-7-5-3-1-2-4-6-8-10-24-42-26-28-44-39(47)33-21-13-17-30-18-14-22-34(36(30)33)40(44)48;;/h11-22,41-42H,1-10,23-28H2;2*1H. The fraction of sp³-hybridized carbons (Fsp3) is 0.400. The molecule has 2 heterocycles. The van der Waals surface area contributed by atoms with Crippen LogP contribution in [-0.2, 0) is 0 Å². The van der Waals surface area contributed by atoms with Crippen LogP contribution in [0.2, 0.25) is 0 Å². The van der Waals surface area contributed by atoms with Gasteiger partial charge in [-0.25, -0.2) is 0 Å². The van der Waals surface area contributed by atoms with Crippen molar-refractivity contribution in [3.8, 4) is 0 Å². The second-order valence-electron chi connectivity index (χ2n) is 13.0. The van der Waals surface area contributed by atoms with Crippen LogP contribution in [0.1, 0.15) is 106 Å². The zero-order valence-electron chi connectivity index (χ0n) is 28.6. The highest BCUT2D eigenvalue weighted by Crippen LogP contribution is 2.31. The highest BCUT2D eigenvalue weighted by atomic mass is 79.9. The molecule has 0 spiro atoms. The average molecular weight is 809 g/mol. The molecular weight excluding hydrogens is 760 g/mol. The summed E-state index contributed by atoms with van der Waals surface area (Å²) < 4.78 is 0. The Balaban J connectivity index is 0.00000281. The van der Waals surface area contributed by atoms with Crippen LogP contribution in [-0.4, -0.2) is 72.7 Å². The van der Waals surface area contributed by atoms with E-state index < -0.39 is 0 Å². The molecule has 266 valence electrons. The molecule has 6 rings (SSSR count). The first-order valence-corrected chi connectivity index (χ1v) is 17.7. The molecule has 2 aliphatic rings. The summed E-state index contributed by atoms with van der Waals surface area (Å²) in [6.45, 7) is 3.76. The normalized spacial score (nSPS) is 13.6. The number of nitrogens with zero attached hydrogens (tertiary/aromatic N) is 2. The summed E-state index contributed by atoms with van der Waals surface area (Å²) in [5.41, 5.74) is 2.46. The zero-order chi connectivity index (χ0) is 33.3. The van der Waals surface area contributed by atoms with Gasteiger partial charge in [0.1, 0.15) is 0 Å². The Labute approximate surface area is 315 Å². The molecule has 0 unspecified atom stereocenters. The lowest BCUT2D eigenvalue weighted by Crippen LogP contribution is -2.43. The molecule has 0 atom stereocenters. The van der Waals surface area contributed by atoms with Crippen LogP contribution >= 0.6 is 34.0 Å². The highest BCUT2D eigenvalue weighted by molar-refractivity contribution is 8.93. The quantitative estimate of drug-likeness (QED) is 0.0734. The van der Waals surface area contributed by atoms with Gasteiger partial charge in [-0.05, 0) is 61.0 Å². The molecule has 0 bridgehead atoms. The molecular formula is C40H48Br2N4O4. The van der Waals surface area contributed by atoms with Crippen molar-refractivity contribution >= 4 is 79.1 Å². The zero-order valence-corrected chi connectivity index (χ0v) is 32.0. The number of benzene rings is 4. The van der Waals surface area contributed by atoms with Gasteiger partial charge in [0.2, 0.25) is 0 Å². The fourth-order valence-corrected chi connectivity index (χ4v) is 7.11. The Hall–Kier alpha value is -3.44. The number of nitrogens with one attached hydrogen (secondary N) is 2. The lowest BCUT2D eigenvalue weighted by atomic mass is 9.94. The van der Waals surface area contributed by atoms with Gasteiger partial charge in [0.15, 0.2) is 0 Å². The SMILES string of the molecule is Br.Br.O=C1c2cccc3cccc(c23)C(=O)N1CCNCCCCCCCCCCCCNCCN1C(=O)c2cccc3cccc(c23)C1=O. The summed E-state index contributed by atoms with van der Waals surface area (Å²) in [5.74, 6) is -0.800. The number of halogens is 2. The second-order valence-corrected chi connectivity index (χ2v) is 13.0. The van der Waals surface area contributed by atoms with E-state index in [1.165, 1.54) is 61.2 Å². The molecule has 10 heteroatoms. The number of carbonyl (C=O) groups excluding carboxylic acids is 4. The molecule has 0 aliphatic carbocycles. The van der Waals surface area contributed by atoms with Gasteiger partial charge in [-0.2, -0.15) is 0 Å². The first-order chi connectivity index (χ1) is 23.6. The number of hydrogen-bond donors (Lipinski definition) is 2. The summed E-state index contributed by atoms with van der Waals surface area (Å²) in [7, 11) is 0. The van der Waals surface area contributed by atoms with E-state index in [0.717, 1.165) is 47.5 Å². The van der Waals surface area contributed by atoms with E-state index >= 15 is 0 Å². The Morgan fingerprint density at radius 2 is 0.660 bits per heavy atom. The first-order valence-electron chi connectivity index (χ1n) is 17.7. The van der Waals surface area contributed by atoms with Crippen molar-refractivity contribution in [2.24, 2.45) is 0 Å². The third-order valence-electron chi connectivity index (χ3n) is 9.69. The molecule has 0 saturated carbocycles. The Bertz CT molecular complexity index is 1580. The van der Waals surface area contributed by atoms with E-state index in [1.54, 1.807) is 0 Å². The van der Waals surface area contributed by atoms with Crippen LogP contribution in [0.25, 0.3) is 21.5 Å². The highest BCUT2D eigenvalue weighted by Gasteiger charge is 2.33. The van der Waals surface area contributed by atoms with Gasteiger partial charge in [-0.3, -0.25) is 29.0 Å². The molecule has 0 saturated heterocycles. The van der Waals surface area contributed by atoms with Crippen LogP contribution in [0.3, 0.4) is 0 Å². The van der Waals surface area contributed by atoms with Gasteiger partial charge in [0.05, 0.1) is 0 Å². The maximum absolute atomic E-state index is 13.0. The molecule has 0 radical (unpaired) electrons. The van der Waals surface area contributed by atoms with E-state index in [1.807, 2.05) is 72.8 Å². The third-order valence-corrected chi connectivity index (χ3v) is 9.69. The molecule has 0 fully saturated rings. The van der Waals surface area contributed by atoms with E-state index in [0.29, 0.717) is 48.4 Å². The van der Waals surface area contributed by atoms with Crippen molar-refractivity contribution in [1.82, 2.24) is 20.4 Å². The van der Waals surface area contributed by atoms with Gasteiger partial charge < -0.3 is 10.6 Å².